The van der Waals surface area contributed by atoms with Gasteiger partial charge in [0.15, 0.2) is 0 Å². The van der Waals surface area contributed by atoms with Crippen LogP contribution in [0.3, 0.4) is 0 Å². The van der Waals surface area contributed by atoms with E-state index in [0.717, 1.165) is 17.9 Å². The molecule has 2 aliphatic carbocycles. The summed E-state index contributed by atoms with van der Waals surface area (Å²) in [6.45, 7) is 1.16. The van der Waals surface area contributed by atoms with Crippen LogP contribution in [0.2, 0.25) is 0 Å². The van der Waals surface area contributed by atoms with Crippen molar-refractivity contribution in [2.24, 2.45) is 17.8 Å². The third-order valence-corrected chi connectivity index (χ3v) is 5.94. The second kappa shape index (κ2) is 5.99. The Morgan fingerprint density at radius 2 is 2.00 bits per heavy atom. The standard InChI is InChI=1S/C19H24N2O2/c22-18-10-16(19(23)20-11-13-4-2-1-3-5-13)12-21(18)17-9-14-6-7-15(17)8-14/h1-5,14-17H,6-12H2,(H,20,23). The van der Waals surface area contributed by atoms with Crippen LogP contribution < -0.4 is 5.32 Å². The van der Waals surface area contributed by atoms with Crippen molar-refractivity contribution in [2.75, 3.05) is 6.54 Å². The summed E-state index contributed by atoms with van der Waals surface area (Å²) in [5.74, 6) is 1.54. The number of carbonyl (C=O) groups is 2. The summed E-state index contributed by atoms with van der Waals surface area (Å²) >= 11 is 0. The smallest absolute Gasteiger partial charge is 0.225 e. The Morgan fingerprint density at radius 3 is 2.70 bits per heavy atom. The first-order chi connectivity index (χ1) is 11.2. The molecular formula is C19H24N2O2. The van der Waals surface area contributed by atoms with Gasteiger partial charge in [-0.1, -0.05) is 36.8 Å². The Bertz CT molecular complexity index is 601. The minimum atomic E-state index is -0.176. The summed E-state index contributed by atoms with van der Waals surface area (Å²) in [6, 6.07) is 10.3. The molecule has 0 aromatic heterocycles. The number of hydrogen-bond donors (Lipinski definition) is 1. The zero-order chi connectivity index (χ0) is 15.8. The van der Waals surface area contributed by atoms with Gasteiger partial charge in [0.1, 0.15) is 0 Å². The maximum absolute atomic E-state index is 12.4. The lowest BCUT2D eigenvalue weighted by Crippen LogP contribution is -2.41. The summed E-state index contributed by atoms with van der Waals surface area (Å²) in [5.41, 5.74) is 1.09. The molecule has 3 aliphatic rings. The molecule has 1 saturated heterocycles. The van der Waals surface area contributed by atoms with Crippen LogP contribution in [0.5, 0.6) is 0 Å². The number of nitrogens with zero attached hydrogens (tertiary/aromatic N) is 1. The van der Waals surface area contributed by atoms with Crippen LogP contribution in [0.15, 0.2) is 30.3 Å². The molecule has 4 unspecified atom stereocenters. The van der Waals surface area contributed by atoms with Crippen LogP contribution in [0.25, 0.3) is 0 Å². The van der Waals surface area contributed by atoms with Crippen LogP contribution in [-0.2, 0) is 16.1 Å². The summed E-state index contributed by atoms with van der Waals surface area (Å²) < 4.78 is 0. The number of nitrogens with one attached hydrogen (secondary N) is 1. The van der Waals surface area contributed by atoms with Gasteiger partial charge < -0.3 is 10.2 Å². The number of likely N-dealkylation sites (tertiary alicyclic amines) is 1. The topological polar surface area (TPSA) is 49.4 Å². The van der Waals surface area contributed by atoms with Crippen molar-refractivity contribution in [3.63, 3.8) is 0 Å². The molecule has 1 aliphatic heterocycles. The largest absolute Gasteiger partial charge is 0.352 e. The fraction of sp³-hybridized carbons (Fsp3) is 0.579. The van der Waals surface area contributed by atoms with E-state index in [0.29, 0.717) is 31.5 Å². The first-order valence-electron chi connectivity index (χ1n) is 8.82. The summed E-state index contributed by atoms with van der Waals surface area (Å²) in [7, 11) is 0. The van der Waals surface area contributed by atoms with Gasteiger partial charge in [-0.2, -0.15) is 0 Å². The highest BCUT2D eigenvalue weighted by molar-refractivity contribution is 5.89. The van der Waals surface area contributed by atoms with Crippen LogP contribution in [-0.4, -0.2) is 29.3 Å². The highest BCUT2D eigenvalue weighted by atomic mass is 16.2. The lowest BCUT2D eigenvalue weighted by Gasteiger charge is -2.31. The Kier molecular flexibility index (Phi) is 3.83. The Balaban J connectivity index is 1.33. The van der Waals surface area contributed by atoms with Gasteiger partial charge in [0.2, 0.25) is 11.8 Å². The minimum Gasteiger partial charge on any atom is -0.352 e. The predicted octanol–water partition coefficient (Wildman–Crippen LogP) is 2.34. The fourth-order valence-corrected chi connectivity index (χ4v) is 4.75. The van der Waals surface area contributed by atoms with Gasteiger partial charge in [-0.05, 0) is 36.7 Å². The molecule has 0 radical (unpaired) electrons. The molecule has 0 spiro atoms. The molecule has 1 aromatic carbocycles. The fourth-order valence-electron chi connectivity index (χ4n) is 4.75. The molecule has 3 fully saturated rings. The molecule has 4 heteroatoms. The van der Waals surface area contributed by atoms with Gasteiger partial charge in [0, 0.05) is 25.6 Å². The van der Waals surface area contributed by atoms with E-state index in [1.54, 1.807) is 0 Å². The van der Waals surface area contributed by atoms with Crippen LogP contribution in [0, 0.1) is 17.8 Å². The number of rotatable bonds is 4. The maximum Gasteiger partial charge on any atom is 0.225 e. The van der Waals surface area contributed by atoms with Gasteiger partial charge in [-0.25, -0.2) is 0 Å². The number of benzene rings is 1. The summed E-state index contributed by atoms with van der Waals surface area (Å²) in [6.07, 6.45) is 5.44. The average molecular weight is 312 g/mol. The Morgan fingerprint density at radius 1 is 1.17 bits per heavy atom. The van der Waals surface area contributed by atoms with Crippen LogP contribution >= 0.6 is 0 Å². The summed E-state index contributed by atoms with van der Waals surface area (Å²) in [5, 5.41) is 2.99. The Labute approximate surface area is 137 Å². The molecule has 122 valence electrons. The van der Waals surface area contributed by atoms with E-state index in [4.69, 9.17) is 0 Å². The molecule has 4 rings (SSSR count). The van der Waals surface area contributed by atoms with E-state index in [2.05, 4.69) is 5.32 Å². The molecule has 4 nitrogen and oxygen atoms in total. The van der Waals surface area contributed by atoms with E-state index in [1.165, 1.54) is 19.3 Å². The first kappa shape index (κ1) is 14.7. The van der Waals surface area contributed by atoms with Crippen molar-refractivity contribution in [1.82, 2.24) is 10.2 Å². The minimum absolute atomic E-state index is 0.0212. The monoisotopic (exact) mass is 312 g/mol. The first-order valence-corrected chi connectivity index (χ1v) is 8.82. The highest BCUT2D eigenvalue weighted by Crippen LogP contribution is 2.47. The number of amides is 2. The molecule has 1 aromatic rings. The van der Waals surface area contributed by atoms with Gasteiger partial charge in [0.25, 0.3) is 0 Å². The van der Waals surface area contributed by atoms with E-state index in [1.807, 2.05) is 35.2 Å². The second-order valence-corrected chi connectivity index (χ2v) is 7.39. The van der Waals surface area contributed by atoms with Crippen molar-refractivity contribution in [3.8, 4) is 0 Å². The quantitative estimate of drug-likeness (QED) is 0.928. The SMILES string of the molecule is O=C(NCc1ccccc1)C1CC(=O)N(C2CC3CCC2C3)C1. The third-order valence-electron chi connectivity index (χ3n) is 5.94. The van der Waals surface area contributed by atoms with Gasteiger partial charge in [0.05, 0.1) is 5.92 Å². The zero-order valence-electron chi connectivity index (χ0n) is 13.4. The van der Waals surface area contributed by atoms with Crippen molar-refractivity contribution < 1.29 is 9.59 Å². The van der Waals surface area contributed by atoms with Crippen LogP contribution in [0.1, 0.15) is 37.7 Å². The van der Waals surface area contributed by atoms with Gasteiger partial charge in [-0.15, -0.1) is 0 Å². The second-order valence-electron chi connectivity index (χ2n) is 7.39. The zero-order valence-corrected chi connectivity index (χ0v) is 13.4. The molecule has 2 amide bonds. The molecule has 23 heavy (non-hydrogen) atoms. The molecule has 2 saturated carbocycles. The predicted molar refractivity (Wildman–Crippen MR) is 87.3 cm³/mol. The van der Waals surface area contributed by atoms with E-state index >= 15 is 0 Å². The number of fused-ring (bicyclic) bond motifs is 2. The third kappa shape index (κ3) is 2.87. The van der Waals surface area contributed by atoms with Crippen molar-refractivity contribution in [1.29, 1.82) is 0 Å². The molecular weight excluding hydrogens is 288 g/mol. The number of hydrogen-bond acceptors (Lipinski definition) is 2. The average Bonchev–Trinajstić information content (AvgIpc) is 3.28. The number of carbonyl (C=O) groups excluding carboxylic acids is 2. The molecule has 1 heterocycles. The maximum atomic E-state index is 12.4. The van der Waals surface area contributed by atoms with Gasteiger partial charge in [-0.3, -0.25) is 9.59 Å². The Hall–Kier alpha value is -1.84. The molecule has 1 N–H and O–H groups in total. The van der Waals surface area contributed by atoms with Crippen molar-refractivity contribution in [2.45, 2.75) is 44.7 Å². The van der Waals surface area contributed by atoms with Crippen LogP contribution in [0.4, 0.5) is 0 Å². The van der Waals surface area contributed by atoms with Crippen molar-refractivity contribution >= 4 is 11.8 Å². The lowest BCUT2D eigenvalue weighted by molar-refractivity contribution is -0.131. The molecule has 4 atom stereocenters. The normalized spacial score (nSPS) is 32.5. The summed E-state index contributed by atoms with van der Waals surface area (Å²) in [4.78, 5) is 26.8. The van der Waals surface area contributed by atoms with E-state index in [9.17, 15) is 9.59 Å². The molecule has 2 bridgehead atoms. The van der Waals surface area contributed by atoms with E-state index < -0.39 is 0 Å². The van der Waals surface area contributed by atoms with Crippen molar-refractivity contribution in [3.05, 3.63) is 35.9 Å². The van der Waals surface area contributed by atoms with E-state index in [-0.39, 0.29) is 17.7 Å². The van der Waals surface area contributed by atoms with Gasteiger partial charge >= 0.3 is 0 Å². The highest BCUT2D eigenvalue weighted by Gasteiger charge is 2.47. The lowest BCUT2D eigenvalue weighted by atomic mass is 9.94.